The number of hydrogen-bond donors (Lipinski definition) is 3. The minimum Gasteiger partial charge on any atom is -0.507 e. The highest BCUT2D eigenvalue weighted by atomic mass is 16.6. The van der Waals surface area contributed by atoms with Crippen LogP contribution in [0.1, 0.15) is 63.7 Å². The van der Waals surface area contributed by atoms with Crippen LogP contribution in [0.15, 0.2) is 36.4 Å². The second-order valence-corrected chi connectivity index (χ2v) is 9.48. The van der Waals surface area contributed by atoms with Gasteiger partial charge in [0.25, 0.3) is 0 Å². The highest BCUT2D eigenvalue weighted by Gasteiger charge is 2.81. The minimum atomic E-state index is -1.14. The van der Waals surface area contributed by atoms with Gasteiger partial charge in [-0.05, 0) is 50.1 Å². The van der Waals surface area contributed by atoms with Crippen molar-refractivity contribution in [3.8, 4) is 29.4 Å². The lowest BCUT2D eigenvalue weighted by Gasteiger charge is -2.38. The van der Waals surface area contributed by atoms with Gasteiger partial charge in [0, 0.05) is 16.7 Å². The number of hydrogen-bond acceptors (Lipinski definition) is 6. The molecule has 2 aliphatic carbocycles. The number of nitrogens with one attached hydrogen (secondary N) is 1. The Bertz CT molecular complexity index is 1510. The molecule has 6 heteroatoms. The van der Waals surface area contributed by atoms with Crippen molar-refractivity contribution >= 4 is 17.3 Å². The molecular weight excluding hydrogens is 442 g/mol. The Kier molecular flexibility index (Phi) is 4.39. The number of aliphatic hydroxyl groups excluding tert-OH is 1. The number of fused-ring (bicyclic) bond motifs is 4. The molecule has 0 aromatic heterocycles. The van der Waals surface area contributed by atoms with Gasteiger partial charge in [0.1, 0.15) is 17.4 Å². The Hall–Kier alpha value is -3.84. The Morgan fingerprint density at radius 2 is 1.80 bits per heavy atom. The lowest BCUT2D eigenvalue weighted by Crippen LogP contribution is -2.53. The number of carbonyl (C=O) groups is 2. The van der Waals surface area contributed by atoms with E-state index < -0.39 is 35.0 Å². The summed E-state index contributed by atoms with van der Waals surface area (Å²) in [6.07, 6.45) is 3.07. The number of anilines is 1. The van der Waals surface area contributed by atoms with E-state index in [1.54, 1.807) is 31.2 Å². The first-order chi connectivity index (χ1) is 16.8. The fourth-order valence-corrected chi connectivity index (χ4v) is 6.00. The van der Waals surface area contributed by atoms with Crippen LogP contribution in [0, 0.1) is 29.6 Å². The molecule has 0 spiro atoms. The average Bonchev–Trinajstić information content (AvgIpc) is 3.57. The van der Waals surface area contributed by atoms with Crippen molar-refractivity contribution < 1.29 is 24.5 Å². The Balaban J connectivity index is 1.66. The Morgan fingerprint density at radius 3 is 2.51 bits per heavy atom. The van der Waals surface area contributed by atoms with Crippen LogP contribution >= 0.6 is 0 Å². The fourth-order valence-electron chi connectivity index (χ4n) is 6.00. The second kappa shape index (κ2) is 7.09. The molecule has 2 heterocycles. The summed E-state index contributed by atoms with van der Waals surface area (Å²) in [4.78, 5) is 27.4. The van der Waals surface area contributed by atoms with Crippen LogP contribution in [-0.4, -0.2) is 39.5 Å². The molecule has 2 bridgehead atoms. The van der Waals surface area contributed by atoms with Crippen LogP contribution in [0.5, 0.6) is 5.75 Å². The molecule has 0 saturated carbocycles. The lowest BCUT2D eigenvalue weighted by atomic mass is 9.67. The van der Waals surface area contributed by atoms with Crippen LogP contribution in [0.4, 0.5) is 5.69 Å². The van der Waals surface area contributed by atoms with Crippen LogP contribution < -0.4 is 5.32 Å². The molecule has 3 N–H and O–H groups in total. The first kappa shape index (κ1) is 21.7. The standard InChI is InChI=1S/C29H23NO5/c1-4-17-11-12-18-19(13-17)27(34)23-21(32)14-20-25(24(23)26(18)33)30-22-10-8-6-5-7-9-15(2)28(20)29(22,35-28)16(3)31/h5-6,11-16,22,30-32H,4H2,1-3H3/b6-5-/t15-,16-,22+,28-,29+/m1/s1. The number of ketones is 2. The van der Waals surface area contributed by atoms with Crippen molar-refractivity contribution in [3.63, 3.8) is 0 Å². The van der Waals surface area contributed by atoms with Gasteiger partial charge in [0.05, 0.1) is 28.8 Å². The second-order valence-electron chi connectivity index (χ2n) is 9.48. The molecule has 4 aliphatic rings. The zero-order valence-electron chi connectivity index (χ0n) is 19.5. The number of rotatable bonds is 2. The summed E-state index contributed by atoms with van der Waals surface area (Å²) in [6.45, 7) is 5.50. The molecule has 2 aromatic carbocycles. The number of carbonyl (C=O) groups excluding carboxylic acids is 2. The topological polar surface area (TPSA) is 99.2 Å². The number of aromatic hydroxyl groups is 1. The number of epoxide rings is 1. The van der Waals surface area contributed by atoms with Crippen molar-refractivity contribution in [2.75, 3.05) is 5.32 Å². The molecule has 1 fully saturated rings. The molecule has 2 aromatic rings. The minimum absolute atomic E-state index is 0.0280. The zero-order chi connectivity index (χ0) is 24.7. The molecule has 0 radical (unpaired) electrons. The molecule has 174 valence electrons. The maximum absolute atomic E-state index is 13.8. The summed E-state index contributed by atoms with van der Waals surface area (Å²) in [5.74, 6) is 10.7. The number of aryl methyl sites for hydroxylation is 1. The average molecular weight is 466 g/mol. The summed E-state index contributed by atoms with van der Waals surface area (Å²) in [5, 5.41) is 25.3. The molecule has 5 atom stereocenters. The third-order valence-electron chi connectivity index (χ3n) is 7.74. The van der Waals surface area contributed by atoms with Gasteiger partial charge >= 0.3 is 0 Å². The molecule has 0 unspecified atom stereocenters. The van der Waals surface area contributed by atoms with E-state index in [0.29, 0.717) is 28.8 Å². The summed E-state index contributed by atoms with van der Waals surface area (Å²) < 4.78 is 6.40. The zero-order valence-corrected chi connectivity index (χ0v) is 19.5. The van der Waals surface area contributed by atoms with Gasteiger partial charge in [0.15, 0.2) is 17.2 Å². The third-order valence-corrected chi connectivity index (χ3v) is 7.74. The highest BCUT2D eigenvalue weighted by Crippen LogP contribution is 2.68. The number of allylic oxidation sites excluding steroid dienone is 2. The van der Waals surface area contributed by atoms with Crippen LogP contribution in [-0.2, 0) is 16.8 Å². The normalized spacial score (nSPS) is 30.5. The van der Waals surface area contributed by atoms with Gasteiger partial charge in [-0.15, -0.1) is 0 Å². The molecule has 1 saturated heterocycles. The van der Waals surface area contributed by atoms with Crippen molar-refractivity contribution in [1.29, 1.82) is 0 Å². The van der Waals surface area contributed by atoms with Gasteiger partial charge in [0.2, 0.25) is 0 Å². The van der Waals surface area contributed by atoms with E-state index in [1.165, 1.54) is 6.07 Å². The van der Waals surface area contributed by atoms with E-state index in [9.17, 15) is 19.8 Å². The third kappa shape index (κ3) is 2.53. The predicted octanol–water partition coefficient (Wildman–Crippen LogP) is 3.08. The van der Waals surface area contributed by atoms with Gasteiger partial charge < -0.3 is 20.3 Å². The van der Waals surface area contributed by atoms with Crippen LogP contribution in [0.3, 0.4) is 0 Å². The van der Waals surface area contributed by atoms with Gasteiger partial charge in [-0.25, -0.2) is 0 Å². The van der Waals surface area contributed by atoms with Gasteiger partial charge in [-0.2, -0.15) is 0 Å². The molecule has 35 heavy (non-hydrogen) atoms. The number of phenols is 1. The largest absolute Gasteiger partial charge is 0.507 e. The molecular formula is C29H23NO5. The van der Waals surface area contributed by atoms with Crippen molar-refractivity contribution in [2.24, 2.45) is 5.92 Å². The SMILES string of the molecule is CCc1ccc2c(c1)C(=O)c1c(O)cc3c(c1C2=O)N[C@H]1C#C/C=C\C#C[C@@H](C)[C@@]32O[C@@]12[C@@H](C)O. The number of aliphatic hydroxyl groups is 1. The summed E-state index contributed by atoms with van der Waals surface area (Å²) in [6, 6.07) is 6.04. The van der Waals surface area contributed by atoms with Gasteiger partial charge in [-0.3, -0.25) is 9.59 Å². The maximum Gasteiger partial charge on any atom is 0.198 e. The van der Waals surface area contributed by atoms with E-state index in [2.05, 4.69) is 29.0 Å². The Labute approximate surface area is 203 Å². The first-order valence-corrected chi connectivity index (χ1v) is 11.7. The predicted molar refractivity (Wildman–Crippen MR) is 129 cm³/mol. The number of ether oxygens (including phenoxy) is 1. The molecule has 0 amide bonds. The summed E-state index contributed by atoms with van der Waals surface area (Å²) >= 11 is 0. The summed E-state index contributed by atoms with van der Waals surface area (Å²) in [7, 11) is 0. The highest BCUT2D eigenvalue weighted by molar-refractivity contribution is 6.31. The molecule has 6 nitrogen and oxygen atoms in total. The molecule has 6 rings (SSSR count). The summed E-state index contributed by atoms with van der Waals surface area (Å²) in [5.41, 5.74) is 0.230. The van der Waals surface area contributed by atoms with Crippen molar-refractivity contribution in [2.45, 2.75) is 50.5 Å². The molecule has 2 aliphatic heterocycles. The monoisotopic (exact) mass is 465 g/mol. The number of phenolic OH excluding ortho intramolecular Hbond substituents is 1. The first-order valence-electron chi connectivity index (χ1n) is 11.7. The van der Waals surface area contributed by atoms with Crippen molar-refractivity contribution in [3.05, 3.63) is 69.8 Å². The number of benzene rings is 2. The van der Waals surface area contributed by atoms with E-state index in [4.69, 9.17) is 4.74 Å². The van der Waals surface area contributed by atoms with E-state index >= 15 is 0 Å². The van der Waals surface area contributed by atoms with E-state index in [1.807, 2.05) is 19.9 Å². The fraction of sp³-hybridized carbons (Fsp3) is 0.310. The lowest BCUT2D eigenvalue weighted by molar-refractivity contribution is 0.0868. The van der Waals surface area contributed by atoms with E-state index in [-0.39, 0.29) is 22.7 Å². The smallest absolute Gasteiger partial charge is 0.198 e. The van der Waals surface area contributed by atoms with Crippen LogP contribution in [0.25, 0.3) is 0 Å². The quantitative estimate of drug-likeness (QED) is 0.306. The van der Waals surface area contributed by atoms with Crippen LogP contribution in [0.2, 0.25) is 0 Å². The van der Waals surface area contributed by atoms with E-state index in [0.717, 1.165) is 5.56 Å². The maximum atomic E-state index is 13.8. The Morgan fingerprint density at radius 1 is 1.09 bits per heavy atom. The van der Waals surface area contributed by atoms with Gasteiger partial charge in [-0.1, -0.05) is 42.7 Å². The van der Waals surface area contributed by atoms with Crippen molar-refractivity contribution in [1.82, 2.24) is 0 Å².